The second kappa shape index (κ2) is 9.77. The molecular formula is C17H14O2S9. The van der Waals surface area contributed by atoms with Crippen molar-refractivity contribution in [1.29, 1.82) is 0 Å². The lowest BCUT2D eigenvalue weighted by atomic mass is 10.3. The van der Waals surface area contributed by atoms with Crippen LogP contribution in [-0.2, 0) is 4.74 Å². The van der Waals surface area contributed by atoms with Gasteiger partial charge in [-0.05, 0) is 17.9 Å². The summed E-state index contributed by atoms with van der Waals surface area (Å²) >= 11 is 17.4. The van der Waals surface area contributed by atoms with Crippen LogP contribution < -0.4 is 0 Å². The summed E-state index contributed by atoms with van der Waals surface area (Å²) in [5.74, 6) is 3.36. The molecule has 0 spiro atoms. The number of hydrogen-bond acceptors (Lipinski definition) is 11. The predicted molar refractivity (Wildman–Crippen MR) is 139 cm³/mol. The van der Waals surface area contributed by atoms with E-state index in [4.69, 9.17) is 4.74 Å². The Labute approximate surface area is 202 Å². The van der Waals surface area contributed by atoms with Crippen molar-refractivity contribution in [2.45, 2.75) is 11.7 Å². The highest BCUT2D eigenvalue weighted by Gasteiger charge is 2.34. The van der Waals surface area contributed by atoms with Crippen LogP contribution in [0.3, 0.4) is 0 Å². The number of ether oxygens (including phenoxy) is 1. The van der Waals surface area contributed by atoms with E-state index in [9.17, 15) is 4.79 Å². The monoisotopic (exact) mass is 538 g/mol. The highest BCUT2D eigenvalue weighted by Crippen LogP contribution is 2.68. The molecule has 28 heavy (non-hydrogen) atoms. The van der Waals surface area contributed by atoms with Crippen LogP contribution >= 0.6 is 105 Å². The zero-order valence-electron chi connectivity index (χ0n) is 14.3. The maximum atomic E-state index is 12.0. The number of thioether (sulfide) groups is 8. The summed E-state index contributed by atoms with van der Waals surface area (Å²) in [6.45, 7) is 0.498. The first-order valence-corrected chi connectivity index (χ1v) is 16.5. The fourth-order valence-electron chi connectivity index (χ4n) is 2.56. The molecule has 0 aliphatic carbocycles. The van der Waals surface area contributed by atoms with Crippen LogP contribution in [0.4, 0.5) is 0 Å². The quantitative estimate of drug-likeness (QED) is 0.351. The summed E-state index contributed by atoms with van der Waals surface area (Å²) in [5, 5.41) is 4.26. The molecule has 0 radical (unpaired) electrons. The summed E-state index contributed by atoms with van der Waals surface area (Å²) < 4.78 is 14.3. The lowest BCUT2D eigenvalue weighted by Gasteiger charge is -2.21. The van der Waals surface area contributed by atoms with E-state index in [1.807, 2.05) is 111 Å². The molecule has 0 bridgehead atoms. The number of rotatable bonds is 4. The van der Waals surface area contributed by atoms with E-state index < -0.39 is 0 Å². The molecule has 1 atom stereocenters. The molecule has 1 aromatic rings. The fraction of sp³-hybridized carbons (Fsp3) is 0.353. The Balaban J connectivity index is 1.13. The first-order valence-electron chi connectivity index (χ1n) is 8.45. The zero-order valence-corrected chi connectivity index (χ0v) is 21.7. The molecule has 5 heterocycles. The SMILES string of the molecule is O=C(OCCC1CSC2=C(SC(=C3SC4=C(SCCS4)S3)S2)S1)c1ccsc1. The van der Waals surface area contributed by atoms with Crippen molar-refractivity contribution in [3.05, 3.63) is 47.8 Å². The van der Waals surface area contributed by atoms with E-state index in [0.29, 0.717) is 17.4 Å². The normalized spacial score (nSPS) is 24.6. The molecule has 1 unspecified atom stereocenters. The first kappa shape index (κ1) is 21.1. The van der Waals surface area contributed by atoms with E-state index in [0.717, 1.165) is 12.2 Å². The van der Waals surface area contributed by atoms with E-state index in [1.54, 1.807) is 0 Å². The summed E-state index contributed by atoms with van der Waals surface area (Å²) in [4.78, 5) is 12.0. The number of carbonyl (C=O) groups excluding carboxylic acids is 1. The van der Waals surface area contributed by atoms with E-state index in [-0.39, 0.29) is 5.97 Å². The molecule has 0 saturated heterocycles. The molecule has 148 valence electrons. The second-order valence-electron chi connectivity index (χ2n) is 5.82. The van der Waals surface area contributed by atoms with Gasteiger partial charge in [0, 0.05) is 27.9 Å². The van der Waals surface area contributed by atoms with Crippen molar-refractivity contribution in [2.75, 3.05) is 23.9 Å². The second-order valence-corrected chi connectivity index (χ2v) is 16.8. The maximum absolute atomic E-state index is 12.0. The standard InChI is InChI=1S/C17H14O2S9/c18-11(9-2-4-20-7-9)19-3-1-10-8-23-14-15(24-10)28-17(27-14)16-25-12-13(26-16)22-6-5-21-12/h2,4,7,10H,1,3,5-6,8H2. The van der Waals surface area contributed by atoms with Crippen LogP contribution in [0.1, 0.15) is 16.8 Å². The number of carbonyl (C=O) groups is 1. The third kappa shape index (κ3) is 4.82. The Morgan fingerprint density at radius 3 is 2.29 bits per heavy atom. The minimum atomic E-state index is -0.199. The summed E-state index contributed by atoms with van der Waals surface area (Å²) in [5.41, 5.74) is 0.666. The van der Waals surface area contributed by atoms with E-state index in [1.165, 1.54) is 48.3 Å². The lowest BCUT2D eigenvalue weighted by molar-refractivity contribution is 0.0502. The van der Waals surface area contributed by atoms with Gasteiger partial charge in [-0.25, -0.2) is 4.79 Å². The summed E-state index contributed by atoms with van der Waals surface area (Å²) in [7, 11) is 0. The molecule has 0 aromatic carbocycles. The van der Waals surface area contributed by atoms with Gasteiger partial charge in [0.15, 0.2) is 0 Å². The average molecular weight is 539 g/mol. The van der Waals surface area contributed by atoms with Crippen molar-refractivity contribution < 1.29 is 9.53 Å². The lowest BCUT2D eigenvalue weighted by Crippen LogP contribution is -2.15. The van der Waals surface area contributed by atoms with Crippen LogP contribution in [0, 0.1) is 0 Å². The van der Waals surface area contributed by atoms with Gasteiger partial charge in [0.05, 0.1) is 37.6 Å². The van der Waals surface area contributed by atoms with Crippen LogP contribution in [0.25, 0.3) is 0 Å². The highest BCUT2D eigenvalue weighted by molar-refractivity contribution is 8.45. The largest absolute Gasteiger partial charge is 0.462 e. The molecule has 0 amide bonds. The van der Waals surface area contributed by atoms with Gasteiger partial charge in [-0.1, -0.05) is 47.0 Å². The minimum Gasteiger partial charge on any atom is -0.462 e. The van der Waals surface area contributed by atoms with Crippen LogP contribution in [0.5, 0.6) is 0 Å². The fourth-order valence-corrected chi connectivity index (χ4v) is 15.8. The Bertz CT molecular complexity index is 851. The average Bonchev–Trinajstić information content (AvgIpc) is 3.45. The van der Waals surface area contributed by atoms with Crippen molar-refractivity contribution in [1.82, 2.24) is 0 Å². The zero-order chi connectivity index (χ0) is 18.9. The number of thiophene rings is 1. The molecule has 4 aliphatic heterocycles. The van der Waals surface area contributed by atoms with Gasteiger partial charge in [0.25, 0.3) is 0 Å². The van der Waals surface area contributed by atoms with Crippen molar-refractivity contribution in [2.24, 2.45) is 0 Å². The molecule has 1 aromatic heterocycles. The Morgan fingerprint density at radius 1 is 0.929 bits per heavy atom. The third-order valence-corrected chi connectivity index (χ3v) is 17.0. The molecule has 4 aliphatic rings. The van der Waals surface area contributed by atoms with Gasteiger partial charge in [0.2, 0.25) is 0 Å². The van der Waals surface area contributed by atoms with Crippen LogP contribution in [-0.4, -0.2) is 35.1 Å². The summed E-state index contributed by atoms with van der Waals surface area (Å²) in [6.07, 6.45) is 0.911. The van der Waals surface area contributed by atoms with Gasteiger partial charge in [-0.2, -0.15) is 11.3 Å². The predicted octanol–water partition coefficient (Wildman–Crippen LogP) is 7.96. The molecule has 11 heteroatoms. The number of esters is 1. The van der Waals surface area contributed by atoms with E-state index >= 15 is 0 Å². The smallest absolute Gasteiger partial charge is 0.338 e. The molecular weight excluding hydrogens is 525 g/mol. The molecule has 0 fully saturated rings. The Morgan fingerprint density at radius 2 is 1.61 bits per heavy atom. The maximum Gasteiger partial charge on any atom is 0.338 e. The summed E-state index contributed by atoms with van der Waals surface area (Å²) in [6, 6.07) is 1.82. The van der Waals surface area contributed by atoms with Gasteiger partial charge < -0.3 is 4.74 Å². The highest BCUT2D eigenvalue weighted by atomic mass is 32.3. The molecule has 0 saturated carbocycles. The Kier molecular flexibility index (Phi) is 7.35. The van der Waals surface area contributed by atoms with Gasteiger partial charge in [-0.15, -0.1) is 47.0 Å². The Hall–Kier alpha value is 1.19. The topological polar surface area (TPSA) is 26.3 Å². The van der Waals surface area contributed by atoms with Gasteiger partial charge in [-0.3, -0.25) is 0 Å². The molecule has 5 rings (SSSR count). The van der Waals surface area contributed by atoms with E-state index in [2.05, 4.69) is 0 Å². The minimum absolute atomic E-state index is 0.199. The molecule has 2 nitrogen and oxygen atoms in total. The number of hydrogen-bond donors (Lipinski definition) is 0. The van der Waals surface area contributed by atoms with Gasteiger partial charge in [0.1, 0.15) is 0 Å². The van der Waals surface area contributed by atoms with Crippen molar-refractivity contribution in [3.63, 3.8) is 0 Å². The van der Waals surface area contributed by atoms with Crippen molar-refractivity contribution in [3.8, 4) is 0 Å². The first-order chi connectivity index (χ1) is 13.8. The van der Waals surface area contributed by atoms with Crippen molar-refractivity contribution >= 4 is 111 Å². The third-order valence-electron chi connectivity index (χ3n) is 3.90. The van der Waals surface area contributed by atoms with Crippen LogP contribution in [0.15, 0.2) is 42.2 Å². The van der Waals surface area contributed by atoms with Gasteiger partial charge >= 0.3 is 5.97 Å². The van der Waals surface area contributed by atoms with Crippen LogP contribution in [0.2, 0.25) is 0 Å². The molecule has 0 N–H and O–H groups in total.